The van der Waals surface area contributed by atoms with Crippen LogP contribution in [0, 0.1) is 0 Å². The predicted octanol–water partition coefficient (Wildman–Crippen LogP) is 2.53. The smallest absolute Gasteiger partial charge is 0.315 e. The number of carbonyl (C=O) groups excluding carboxylic acids is 2. The fourth-order valence-corrected chi connectivity index (χ4v) is 7.10. The molecule has 3 N–H and O–H groups in total. The van der Waals surface area contributed by atoms with Gasteiger partial charge in [-0.2, -0.15) is 13.1 Å². The fraction of sp³-hybridized carbons (Fsp3) is 0.419. The van der Waals surface area contributed by atoms with E-state index in [-0.39, 0.29) is 66.0 Å². The summed E-state index contributed by atoms with van der Waals surface area (Å²) in [6.45, 7) is 2.16. The molecule has 1 atom stereocenters. The lowest BCUT2D eigenvalue weighted by Gasteiger charge is -2.35. The number of nitrogens with two attached hydrogens (primary N) is 1. The minimum Gasteiger partial charge on any atom is -0.354 e. The van der Waals surface area contributed by atoms with E-state index in [1.54, 1.807) is 17.0 Å². The van der Waals surface area contributed by atoms with Crippen molar-refractivity contribution in [3.05, 3.63) is 76.7 Å². The number of nitrogens with one attached hydrogen (secondary N) is 1. The van der Waals surface area contributed by atoms with Gasteiger partial charge in [-0.25, -0.2) is 13.4 Å². The minimum absolute atomic E-state index is 0.0776. The third kappa shape index (κ3) is 7.87. The van der Waals surface area contributed by atoms with Crippen molar-refractivity contribution >= 4 is 44.9 Å². The molecule has 2 aliphatic rings. The van der Waals surface area contributed by atoms with Gasteiger partial charge in [0.05, 0.1) is 10.5 Å². The zero-order valence-corrected chi connectivity index (χ0v) is 27.6. The molecular formula is C31H37ClF2N8O4S. The van der Waals surface area contributed by atoms with Gasteiger partial charge in [-0.1, -0.05) is 11.6 Å². The summed E-state index contributed by atoms with van der Waals surface area (Å²) in [5.74, 6) is -3.89. The predicted molar refractivity (Wildman–Crippen MR) is 174 cm³/mol. The lowest BCUT2D eigenvalue weighted by atomic mass is 10.0. The molecule has 1 aromatic carbocycles. The number of piperazine rings is 1. The maximum absolute atomic E-state index is 15.7. The first kappa shape index (κ1) is 34.6. The van der Waals surface area contributed by atoms with Crippen molar-refractivity contribution in [2.24, 2.45) is 5.73 Å². The van der Waals surface area contributed by atoms with Crippen LogP contribution in [0.15, 0.2) is 59.6 Å². The van der Waals surface area contributed by atoms with Crippen LogP contribution in [0.2, 0.25) is 5.15 Å². The Bertz CT molecular complexity index is 1700. The average molecular weight is 691 g/mol. The molecule has 47 heavy (non-hydrogen) atoms. The fourth-order valence-electron chi connectivity index (χ4n) is 5.48. The van der Waals surface area contributed by atoms with E-state index in [0.29, 0.717) is 18.8 Å². The molecule has 2 saturated heterocycles. The van der Waals surface area contributed by atoms with Crippen molar-refractivity contribution < 1.29 is 26.8 Å². The molecular weight excluding hydrogens is 654 g/mol. The summed E-state index contributed by atoms with van der Waals surface area (Å²) in [5.41, 5.74) is 5.61. The maximum Gasteiger partial charge on any atom is 0.315 e. The second-order valence-electron chi connectivity index (χ2n) is 11.8. The molecule has 2 aliphatic heterocycles. The summed E-state index contributed by atoms with van der Waals surface area (Å²) in [6, 6.07) is 10.5. The van der Waals surface area contributed by atoms with E-state index in [1.807, 2.05) is 19.0 Å². The maximum atomic E-state index is 15.7. The van der Waals surface area contributed by atoms with Crippen LogP contribution < -0.4 is 20.9 Å². The highest BCUT2D eigenvalue weighted by atomic mass is 35.5. The van der Waals surface area contributed by atoms with Crippen LogP contribution in [0.3, 0.4) is 0 Å². The van der Waals surface area contributed by atoms with E-state index in [9.17, 15) is 18.0 Å². The van der Waals surface area contributed by atoms with Crippen LogP contribution in [0.1, 0.15) is 34.5 Å². The van der Waals surface area contributed by atoms with Gasteiger partial charge in [0.1, 0.15) is 16.7 Å². The molecule has 0 saturated carbocycles. The summed E-state index contributed by atoms with van der Waals surface area (Å²) in [4.78, 5) is 38.0. The number of hydrogen-bond donors (Lipinski definition) is 2. The van der Waals surface area contributed by atoms with Crippen LogP contribution >= 0.6 is 11.6 Å². The van der Waals surface area contributed by atoms with Crippen LogP contribution in [-0.2, 0) is 20.7 Å². The number of benzene rings is 1. The molecule has 2 fully saturated rings. The monoisotopic (exact) mass is 690 g/mol. The first-order valence-corrected chi connectivity index (χ1v) is 16.9. The highest BCUT2D eigenvalue weighted by molar-refractivity contribution is 7.89. The van der Waals surface area contributed by atoms with E-state index in [4.69, 9.17) is 17.3 Å². The first-order chi connectivity index (χ1) is 22.3. The van der Waals surface area contributed by atoms with Crippen LogP contribution in [0.4, 0.5) is 20.3 Å². The number of carbonyl (C=O) groups is 2. The second kappa shape index (κ2) is 14.2. The quantitative estimate of drug-likeness (QED) is 0.229. The Morgan fingerprint density at radius 3 is 2.40 bits per heavy atom. The van der Waals surface area contributed by atoms with Crippen LogP contribution in [0.25, 0.3) is 0 Å². The zero-order chi connectivity index (χ0) is 33.9. The molecule has 0 aliphatic carbocycles. The first-order valence-electron chi connectivity index (χ1n) is 15.1. The lowest BCUT2D eigenvalue weighted by Crippen LogP contribution is -2.49. The van der Waals surface area contributed by atoms with Gasteiger partial charge < -0.3 is 25.8 Å². The Kier molecular flexibility index (Phi) is 10.4. The number of hydrogen-bond acceptors (Lipinski definition) is 9. The summed E-state index contributed by atoms with van der Waals surface area (Å²) >= 11 is 6.18. The number of amides is 2. The SMILES string of the molecule is CN(C)CCCNC(=O)c1ccc(C(F)(F)c2cc(Cl)nc(N3CCN(S(=O)(=O)c4ccc(N5C[C@H](N)CC5=O)cc4)CC3)c2)nc1. The molecule has 252 valence electrons. The van der Waals surface area contributed by atoms with E-state index in [0.717, 1.165) is 31.3 Å². The van der Waals surface area contributed by atoms with Crippen LogP contribution in [0.5, 0.6) is 0 Å². The zero-order valence-electron chi connectivity index (χ0n) is 26.1. The van der Waals surface area contributed by atoms with Gasteiger partial charge >= 0.3 is 5.92 Å². The van der Waals surface area contributed by atoms with E-state index in [2.05, 4.69) is 15.3 Å². The van der Waals surface area contributed by atoms with Gasteiger partial charge in [-0.3, -0.25) is 14.6 Å². The van der Waals surface area contributed by atoms with E-state index >= 15 is 8.78 Å². The van der Waals surface area contributed by atoms with Crippen molar-refractivity contribution in [2.45, 2.75) is 29.7 Å². The Balaban J connectivity index is 1.23. The largest absolute Gasteiger partial charge is 0.354 e. The molecule has 0 radical (unpaired) electrons. The second-order valence-corrected chi connectivity index (χ2v) is 14.1. The number of pyridine rings is 2. The molecule has 0 unspecified atom stereocenters. The average Bonchev–Trinajstić information content (AvgIpc) is 3.40. The molecule has 4 heterocycles. The van der Waals surface area contributed by atoms with Gasteiger partial charge in [0.2, 0.25) is 15.9 Å². The molecule has 3 aromatic rings. The van der Waals surface area contributed by atoms with Crippen molar-refractivity contribution in [1.29, 1.82) is 0 Å². The molecule has 16 heteroatoms. The lowest BCUT2D eigenvalue weighted by molar-refractivity contribution is -0.117. The third-order valence-electron chi connectivity index (χ3n) is 8.06. The number of nitrogens with zero attached hydrogens (tertiary/aromatic N) is 6. The van der Waals surface area contributed by atoms with Crippen molar-refractivity contribution in [3.8, 4) is 0 Å². The molecule has 12 nitrogen and oxygen atoms in total. The van der Waals surface area contributed by atoms with Crippen molar-refractivity contribution in [3.63, 3.8) is 0 Å². The number of halogens is 3. The van der Waals surface area contributed by atoms with Crippen LogP contribution in [-0.4, -0.2) is 105 Å². The molecule has 0 spiro atoms. The summed E-state index contributed by atoms with van der Waals surface area (Å²) in [5, 5.41) is 2.60. The van der Waals surface area contributed by atoms with Gasteiger partial charge in [0, 0.05) is 69.2 Å². The molecule has 2 aromatic heterocycles. The Labute approximate surface area is 277 Å². The van der Waals surface area contributed by atoms with Gasteiger partial charge in [0.15, 0.2) is 0 Å². The number of aromatic nitrogens is 2. The Hall–Kier alpha value is -3.76. The highest BCUT2D eigenvalue weighted by Crippen LogP contribution is 2.37. The Morgan fingerprint density at radius 2 is 1.81 bits per heavy atom. The number of alkyl halides is 2. The summed E-state index contributed by atoms with van der Waals surface area (Å²) in [7, 11) is 0.00128. The normalized spacial score (nSPS) is 17.9. The number of anilines is 2. The van der Waals surface area contributed by atoms with E-state index < -0.39 is 33.1 Å². The minimum atomic E-state index is -3.85. The van der Waals surface area contributed by atoms with Crippen molar-refractivity contribution in [1.82, 2.24) is 24.5 Å². The number of rotatable bonds is 11. The Morgan fingerprint density at radius 1 is 1.11 bits per heavy atom. The van der Waals surface area contributed by atoms with Gasteiger partial charge in [0.25, 0.3) is 5.91 Å². The number of sulfonamides is 1. The third-order valence-corrected chi connectivity index (χ3v) is 10.2. The molecule has 5 rings (SSSR count). The van der Waals surface area contributed by atoms with Crippen molar-refractivity contribution in [2.75, 3.05) is 69.7 Å². The summed E-state index contributed by atoms with van der Waals surface area (Å²) < 4.78 is 59.4. The van der Waals surface area contributed by atoms with E-state index in [1.165, 1.54) is 33.5 Å². The highest BCUT2D eigenvalue weighted by Gasteiger charge is 2.38. The standard InChI is InChI=1S/C31H37ClF2N8O4S/c1-39(2)11-3-10-36-30(44)21-4-9-26(37-19-21)31(33,34)22-16-27(32)38-28(17-22)40-12-14-41(15-13-40)47(45,46)25-7-5-24(6-8-25)42-20-23(35)18-29(42)43/h4-9,16-17,19,23H,3,10-15,18,20,35H2,1-2H3,(H,36,44)/t23-/m1/s1. The molecule has 2 amide bonds. The summed E-state index contributed by atoms with van der Waals surface area (Å²) in [6.07, 6.45) is 2.10. The topological polar surface area (TPSA) is 145 Å². The van der Waals surface area contributed by atoms with Gasteiger partial charge in [-0.15, -0.1) is 0 Å². The molecule has 0 bridgehead atoms. The van der Waals surface area contributed by atoms with Gasteiger partial charge in [-0.05, 0) is 75.6 Å².